The number of carbonyl (C=O) groups excluding carboxylic acids is 1. The Hall–Kier alpha value is -1.95. The second kappa shape index (κ2) is 4.17. The van der Waals surface area contributed by atoms with Crippen LogP contribution >= 0.6 is 0 Å². The number of rotatable bonds is 2. The number of benzene rings is 1. The third-order valence-corrected chi connectivity index (χ3v) is 1.55. The molecule has 0 radical (unpaired) electrons. The van der Waals surface area contributed by atoms with Crippen molar-refractivity contribution in [2.24, 2.45) is 9.98 Å². The number of aryl methyl sites for hydroxylation is 1. The van der Waals surface area contributed by atoms with Crippen LogP contribution in [0.2, 0.25) is 0 Å². The molecule has 0 aliphatic heterocycles. The summed E-state index contributed by atoms with van der Waals surface area (Å²) in [6.45, 7) is 5.21. The Morgan fingerprint density at radius 3 is 2.69 bits per heavy atom. The summed E-state index contributed by atoms with van der Waals surface area (Å²) in [5.41, 5.74) is 2.23. The van der Waals surface area contributed by atoms with Gasteiger partial charge in [0, 0.05) is 0 Å². The second-order valence-electron chi connectivity index (χ2n) is 2.44. The van der Waals surface area contributed by atoms with E-state index in [0.717, 1.165) is 11.3 Å². The number of isocyanates is 1. The van der Waals surface area contributed by atoms with Crippen LogP contribution in [0, 0.1) is 6.92 Å². The van der Waals surface area contributed by atoms with Crippen molar-refractivity contribution >= 4 is 23.3 Å². The third-order valence-electron chi connectivity index (χ3n) is 1.55. The highest BCUT2D eigenvalue weighted by Crippen LogP contribution is 2.22. The van der Waals surface area contributed by atoms with Crippen molar-refractivity contribution < 1.29 is 4.79 Å². The fraction of sp³-hybridized carbons (Fsp3) is 0.100. The first-order valence-corrected chi connectivity index (χ1v) is 3.69. The van der Waals surface area contributed by atoms with Gasteiger partial charge in [-0.15, -0.1) is 0 Å². The van der Waals surface area contributed by atoms with E-state index in [1.807, 2.05) is 6.92 Å². The van der Waals surface area contributed by atoms with Gasteiger partial charge in [-0.2, -0.15) is 4.99 Å². The van der Waals surface area contributed by atoms with E-state index in [0.29, 0.717) is 5.69 Å². The molecule has 1 aromatic rings. The Labute approximate surface area is 76.2 Å². The molecule has 0 spiro atoms. The first-order valence-electron chi connectivity index (χ1n) is 3.69. The van der Waals surface area contributed by atoms with Gasteiger partial charge in [0.1, 0.15) is 0 Å². The highest BCUT2D eigenvalue weighted by atomic mass is 16.1. The van der Waals surface area contributed by atoms with E-state index in [9.17, 15) is 4.79 Å². The minimum Gasteiger partial charge on any atom is -0.211 e. The van der Waals surface area contributed by atoms with Crippen molar-refractivity contribution in [3.63, 3.8) is 0 Å². The van der Waals surface area contributed by atoms with E-state index in [2.05, 4.69) is 22.4 Å². The van der Waals surface area contributed by atoms with Gasteiger partial charge in [-0.3, -0.25) is 0 Å². The van der Waals surface area contributed by atoms with Crippen molar-refractivity contribution in [2.75, 3.05) is 0 Å². The minimum absolute atomic E-state index is 0.609. The van der Waals surface area contributed by atoms with Crippen LogP contribution in [0.25, 0.3) is 0 Å². The summed E-state index contributed by atoms with van der Waals surface area (Å²) >= 11 is 0. The van der Waals surface area contributed by atoms with E-state index >= 15 is 0 Å². The maximum Gasteiger partial charge on any atom is 0.240 e. The average molecular weight is 172 g/mol. The Kier molecular flexibility index (Phi) is 2.93. The summed E-state index contributed by atoms with van der Waals surface area (Å²) < 4.78 is 0. The van der Waals surface area contributed by atoms with Gasteiger partial charge in [-0.25, -0.2) is 9.79 Å². The van der Waals surface area contributed by atoms with E-state index in [4.69, 9.17) is 0 Å². The molecule has 0 atom stereocenters. The van der Waals surface area contributed by atoms with Gasteiger partial charge in [-0.1, -0.05) is 0 Å². The standard InChI is InChI=1S/C10H8N2O/c1-3-11-9-4-5-10(12-7-13)8(2)6-9/h4-6H,1H2,2H3. The minimum atomic E-state index is 0.609. The number of aliphatic imine (C=N–C) groups is 2. The van der Waals surface area contributed by atoms with E-state index in [1.165, 1.54) is 6.08 Å². The fourth-order valence-corrected chi connectivity index (χ4v) is 0.975. The van der Waals surface area contributed by atoms with Crippen LogP contribution in [0.1, 0.15) is 5.56 Å². The SMILES string of the molecule is C=C=Nc1ccc(N=C=O)c(C)c1. The molecule has 0 saturated carbocycles. The molecule has 0 unspecified atom stereocenters. The second-order valence-corrected chi connectivity index (χ2v) is 2.44. The Bertz CT molecular complexity index is 411. The molecule has 0 aliphatic carbocycles. The Balaban J connectivity index is 3.19. The van der Waals surface area contributed by atoms with Crippen LogP contribution in [0.15, 0.2) is 34.8 Å². The summed E-state index contributed by atoms with van der Waals surface area (Å²) in [7, 11) is 0. The van der Waals surface area contributed by atoms with Crippen molar-refractivity contribution in [1.82, 2.24) is 0 Å². The number of hydrogen-bond acceptors (Lipinski definition) is 3. The molecule has 0 aromatic heterocycles. The van der Waals surface area contributed by atoms with Crippen LogP contribution in [0.4, 0.5) is 11.4 Å². The average Bonchev–Trinajstić information content (AvgIpc) is 2.10. The molecule has 0 saturated heterocycles. The molecule has 1 rings (SSSR count). The third kappa shape index (κ3) is 2.24. The molecular weight excluding hydrogens is 164 g/mol. The van der Waals surface area contributed by atoms with Gasteiger partial charge in [0.15, 0.2) is 0 Å². The number of nitrogens with zero attached hydrogens (tertiary/aromatic N) is 2. The van der Waals surface area contributed by atoms with Crippen molar-refractivity contribution in [3.8, 4) is 0 Å². The normalized spacial score (nSPS) is 8.38. The summed E-state index contributed by atoms with van der Waals surface area (Å²) in [6.07, 6.45) is 1.49. The van der Waals surface area contributed by atoms with E-state index in [-0.39, 0.29) is 0 Å². The van der Waals surface area contributed by atoms with Gasteiger partial charge in [0.2, 0.25) is 6.08 Å². The zero-order chi connectivity index (χ0) is 9.68. The van der Waals surface area contributed by atoms with Crippen LogP contribution in [0.3, 0.4) is 0 Å². The summed E-state index contributed by atoms with van der Waals surface area (Å²) in [5.74, 6) is 2.43. The highest BCUT2D eigenvalue weighted by Gasteiger charge is 1.96. The fourth-order valence-electron chi connectivity index (χ4n) is 0.975. The lowest BCUT2D eigenvalue weighted by atomic mass is 10.2. The molecule has 0 N–H and O–H groups in total. The van der Waals surface area contributed by atoms with Crippen LogP contribution in [-0.4, -0.2) is 11.9 Å². The van der Waals surface area contributed by atoms with Crippen LogP contribution < -0.4 is 0 Å². The largest absolute Gasteiger partial charge is 0.240 e. The van der Waals surface area contributed by atoms with Gasteiger partial charge < -0.3 is 0 Å². The zero-order valence-electron chi connectivity index (χ0n) is 7.24. The lowest BCUT2D eigenvalue weighted by molar-refractivity contribution is 0.565. The predicted octanol–water partition coefficient (Wildman–Crippen LogP) is 2.45. The Morgan fingerprint density at radius 2 is 2.15 bits per heavy atom. The molecule has 3 nitrogen and oxygen atoms in total. The topological polar surface area (TPSA) is 41.8 Å². The van der Waals surface area contributed by atoms with Gasteiger partial charge in [0.25, 0.3) is 0 Å². The van der Waals surface area contributed by atoms with Gasteiger partial charge >= 0.3 is 0 Å². The van der Waals surface area contributed by atoms with Crippen molar-refractivity contribution in [2.45, 2.75) is 6.92 Å². The lowest BCUT2D eigenvalue weighted by Crippen LogP contribution is -1.73. The molecule has 1 aromatic carbocycles. The predicted molar refractivity (Wildman–Crippen MR) is 51.7 cm³/mol. The van der Waals surface area contributed by atoms with Gasteiger partial charge in [0.05, 0.1) is 11.4 Å². The molecule has 0 aliphatic rings. The quantitative estimate of drug-likeness (QED) is 0.499. The molecule has 0 heterocycles. The summed E-state index contributed by atoms with van der Waals surface area (Å²) in [5, 5.41) is 0. The van der Waals surface area contributed by atoms with Gasteiger partial charge in [-0.05, 0) is 43.1 Å². The Morgan fingerprint density at radius 1 is 1.38 bits per heavy atom. The highest BCUT2D eigenvalue weighted by molar-refractivity contribution is 5.61. The molecule has 64 valence electrons. The molecule has 3 heteroatoms. The van der Waals surface area contributed by atoms with E-state index in [1.54, 1.807) is 18.2 Å². The van der Waals surface area contributed by atoms with Crippen molar-refractivity contribution in [3.05, 3.63) is 30.3 Å². The van der Waals surface area contributed by atoms with Crippen LogP contribution in [0.5, 0.6) is 0 Å². The smallest absolute Gasteiger partial charge is 0.211 e. The maximum absolute atomic E-state index is 10.00. The lowest BCUT2D eigenvalue weighted by Gasteiger charge is -1.97. The summed E-state index contributed by atoms with van der Waals surface area (Å²) in [6, 6.07) is 5.24. The maximum atomic E-state index is 10.00. The molecule has 13 heavy (non-hydrogen) atoms. The first-order chi connectivity index (χ1) is 6.27. The first kappa shape index (κ1) is 9.14. The molecule has 0 amide bonds. The van der Waals surface area contributed by atoms with Crippen molar-refractivity contribution in [1.29, 1.82) is 0 Å². The van der Waals surface area contributed by atoms with E-state index < -0.39 is 0 Å². The van der Waals surface area contributed by atoms with Crippen LogP contribution in [-0.2, 0) is 4.79 Å². The monoisotopic (exact) mass is 172 g/mol. The number of hydrogen-bond donors (Lipinski definition) is 0. The molecule has 0 bridgehead atoms. The zero-order valence-corrected chi connectivity index (χ0v) is 7.24. The molecular formula is C10H8N2O. The summed E-state index contributed by atoms with van der Waals surface area (Å²) in [4.78, 5) is 17.4. The molecule has 0 fully saturated rings.